The molecule has 0 unspecified atom stereocenters. The standard InChI is InChI=1S/C26H30N4OS2/c1-17(2)22-7-6-8-23-25(22)27-26(33-23)29(13-14-30-19(4)15-18(3)28-30)24(31)16-20-9-11-21(32-5)12-10-20/h6-12,15,17H,13-14,16H2,1-5H3. The van der Waals surface area contributed by atoms with Gasteiger partial charge in [-0.1, -0.05) is 49.4 Å². The Hall–Kier alpha value is -2.64. The quantitative estimate of drug-likeness (QED) is 0.282. The van der Waals surface area contributed by atoms with Crippen LogP contribution in [0.1, 0.15) is 42.3 Å². The second-order valence-electron chi connectivity index (χ2n) is 8.57. The summed E-state index contributed by atoms with van der Waals surface area (Å²) in [5, 5.41) is 5.33. The second-order valence-corrected chi connectivity index (χ2v) is 10.5. The van der Waals surface area contributed by atoms with Crippen molar-refractivity contribution in [2.24, 2.45) is 0 Å². The van der Waals surface area contributed by atoms with Crippen molar-refractivity contribution in [3.63, 3.8) is 0 Å². The summed E-state index contributed by atoms with van der Waals surface area (Å²) in [6.07, 6.45) is 2.40. The average Bonchev–Trinajstić information content (AvgIpc) is 3.36. The fourth-order valence-electron chi connectivity index (χ4n) is 3.98. The van der Waals surface area contributed by atoms with Crippen LogP contribution in [-0.4, -0.2) is 33.5 Å². The van der Waals surface area contributed by atoms with Crippen molar-refractivity contribution < 1.29 is 4.79 Å². The number of benzene rings is 2. The Labute approximate surface area is 203 Å². The summed E-state index contributed by atoms with van der Waals surface area (Å²) >= 11 is 3.29. The maximum absolute atomic E-state index is 13.5. The van der Waals surface area contributed by atoms with Crippen molar-refractivity contribution in [1.82, 2.24) is 14.8 Å². The van der Waals surface area contributed by atoms with Crippen molar-refractivity contribution in [2.45, 2.75) is 51.5 Å². The van der Waals surface area contributed by atoms with Crippen LogP contribution >= 0.6 is 23.1 Å². The number of thiazole rings is 1. The molecule has 2 aromatic carbocycles. The number of carbonyl (C=O) groups is 1. The SMILES string of the molecule is CSc1ccc(CC(=O)N(CCn2nc(C)cc2C)c2nc3c(C(C)C)cccc3s2)cc1. The summed E-state index contributed by atoms with van der Waals surface area (Å²) in [6.45, 7) is 9.55. The Morgan fingerprint density at radius 1 is 1.15 bits per heavy atom. The molecule has 0 bridgehead atoms. The number of thioether (sulfide) groups is 1. The van der Waals surface area contributed by atoms with E-state index < -0.39 is 0 Å². The van der Waals surface area contributed by atoms with Crippen molar-refractivity contribution in [3.05, 3.63) is 71.0 Å². The third-order valence-electron chi connectivity index (χ3n) is 5.75. The minimum absolute atomic E-state index is 0.0542. The molecule has 1 amide bonds. The predicted octanol–water partition coefficient (Wildman–Crippen LogP) is 6.23. The van der Waals surface area contributed by atoms with Crippen LogP contribution in [-0.2, 0) is 17.8 Å². The molecule has 0 fully saturated rings. The predicted molar refractivity (Wildman–Crippen MR) is 140 cm³/mol. The van der Waals surface area contributed by atoms with E-state index in [2.05, 4.69) is 61.6 Å². The molecule has 172 valence electrons. The van der Waals surface area contributed by atoms with Gasteiger partial charge in [0.2, 0.25) is 5.91 Å². The topological polar surface area (TPSA) is 51.0 Å². The van der Waals surface area contributed by atoms with Crippen LogP contribution < -0.4 is 4.90 Å². The molecule has 0 aliphatic carbocycles. The monoisotopic (exact) mass is 478 g/mol. The van der Waals surface area contributed by atoms with Crippen molar-refractivity contribution in [1.29, 1.82) is 0 Å². The third-order valence-corrected chi connectivity index (χ3v) is 7.53. The van der Waals surface area contributed by atoms with Gasteiger partial charge in [-0.25, -0.2) is 4.98 Å². The molecule has 33 heavy (non-hydrogen) atoms. The Morgan fingerprint density at radius 2 is 1.91 bits per heavy atom. The number of carbonyl (C=O) groups excluding carboxylic acids is 1. The van der Waals surface area contributed by atoms with Gasteiger partial charge in [-0.05, 0) is 61.4 Å². The van der Waals surface area contributed by atoms with Gasteiger partial charge in [0.05, 0.1) is 28.9 Å². The van der Waals surface area contributed by atoms with E-state index in [1.54, 1.807) is 23.1 Å². The molecule has 0 radical (unpaired) electrons. The highest BCUT2D eigenvalue weighted by Crippen LogP contribution is 2.34. The Bertz CT molecular complexity index is 1260. The lowest BCUT2D eigenvalue weighted by Crippen LogP contribution is -2.35. The van der Waals surface area contributed by atoms with Crippen LogP contribution in [0.15, 0.2) is 53.4 Å². The van der Waals surface area contributed by atoms with Crippen LogP contribution in [0.4, 0.5) is 5.13 Å². The van der Waals surface area contributed by atoms with E-state index in [0.717, 1.165) is 32.3 Å². The van der Waals surface area contributed by atoms with Crippen molar-refractivity contribution >= 4 is 44.4 Å². The Morgan fingerprint density at radius 3 is 2.55 bits per heavy atom. The van der Waals surface area contributed by atoms with Crippen LogP contribution in [0.2, 0.25) is 0 Å². The summed E-state index contributed by atoms with van der Waals surface area (Å²) in [5.74, 6) is 0.427. The molecule has 0 saturated carbocycles. The van der Waals surface area contributed by atoms with E-state index in [1.165, 1.54) is 10.5 Å². The zero-order chi connectivity index (χ0) is 23.5. The summed E-state index contributed by atoms with van der Waals surface area (Å²) in [6, 6.07) is 16.6. The molecule has 4 rings (SSSR count). The van der Waals surface area contributed by atoms with Crippen molar-refractivity contribution in [2.75, 3.05) is 17.7 Å². The molecule has 0 saturated heterocycles. The number of amides is 1. The molecule has 0 spiro atoms. The summed E-state index contributed by atoms with van der Waals surface area (Å²) in [4.78, 5) is 21.5. The number of aryl methyl sites for hydroxylation is 2. The van der Waals surface area contributed by atoms with Crippen molar-refractivity contribution in [3.8, 4) is 0 Å². The van der Waals surface area contributed by atoms with Gasteiger partial charge in [-0.3, -0.25) is 14.4 Å². The first-order valence-electron chi connectivity index (χ1n) is 11.2. The lowest BCUT2D eigenvalue weighted by molar-refractivity contribution is -0.118. The first kappa shape index (κ1) is 23.5. The molecular formula is C26H30N4OS2. The summed E-state index contributed by atoms with van der Waals surface area (Å²) in [5.41, 5.74) is 5.31. The summed E-state index contributed by atoms with van der Waals surface area (Å²) in [7, 11) is 0. The molecule has 2 heterocycles. The van der Waals surface area contributed by atoms with Crippen LogP contribution in [0.25, 0.3) is 10.2 Å². The first-order valence-corrected chi connectivity index (χ1v) is 13.2. The highest BCUT2D eigenvalue weighted by molar-refractivity contribution is 7.98. The number of anilines is 1. The highest BCUT2D eigenvalue weighted by Gasteiger charge is 2.22. The number of aromatic nitrogens is 3. The van der Waals surface area contributed by atoms with E-state index in [9.17, 15) is 4.79 Å². The molecule has 0 atom stereocenters. The van der Waals surface area contributed by atoms with Gasteiger partial charge >= 0.3 is 0 Å². The molecule has 0 aliphatic heterocycles. The lowest BCUT2D eigenvalue weighted by Gasteiger charge is -2.20. The highest BCUT2D eigenvalue weighted by atomic mass is 32.2. The number of para-hydroxylation sites is 1. The normalized spacial score (nSPS) is 11.5. The van der Waals surface area contributed by atoms with Crippen LogP contribution in [0.3, 0.4) is 0 Å². The number of hydrogen-bond donors (Lipinski definition) is 0. The molecule has 0 aliphatic rings. The first-order chi connectivity index (χ1) is 15.9. The van der Waals surface area contributed by atoms with Gasteiger partial charge in [0.25, 0.3) is 0 Å². The molecular weight excluding hydrogens is 448 g/mol. The van der Waals surface area contributed by atoms with E-state index in [0.29, 0.717) is 25.4 Å². The van der Waals surface area contributed by atoms with Gasteiger partial charge in [0.15, 0.2) is 5.13 Å². The molecule has 2 aromatic heterocycles. The largest absolute Gasteiger partial charge is 0.286 e. The zero-order valence-electron chi connectivity index (χ0n) is 19.8. The number of nitrogens with zero attached hydrogens (tertiary/aromatic N) is 4. The Kier molecular flexibility index (Phi) is 7.20. The van der Waals surface area contributed by atoms with E-state index in [-0.39, 0.29) is 5.91 Å². The summed E-state index contributed by atoms with van der Waals surface area (Å²) < 4.78 is 3.08. The van der Waals surface area contributed by atoms with Gasteiger partial charge < -0.3 is 0 Å². The second kappa shape index (κ2) is 10.1. The van der Waals surface area contributed by atoms with Gasteiger partial charge in [0, 0.05) is 17.1 Å². The van der Waals surface area contributed by atoms with Gasteiger partial charge in [-0.15, -0.1) is 11.8 Å². The van der Waals surface area contributed by atoms with E-state index in [1.807, 2.05) is 35.6 Å². The van der Waals surface area contributed by atoms with E-state index in [4.69, 9.17) is 4.98 Å². The number of rotatable bonds is 8. The smallest absolute Gasteiger partial charge is 0.233 e. The minimum atomic E-state index is 0.0542. The lowest BCUT2D eigenvalue weighted by atomic mass is 10.0. The fourth-order valence-corrected chi connectivity index (χ4v) is 5.43. The minimum Gasteiger partial charge on any atom is -0.286 e. The molecule has 4 aromatic rings. The maximum Gasteiger partial charge on any atom is 0.233 e. The maximum atomic E-state index is 13.5. The van der Waals surface area contributed by atoms with Gasteiger partial charge in [0.1, 0.15) is 0 Å². The fraction of sp³-hybridized carbons (Fsp3) is 0.346. The molecule has 7 heteroatoms. The molecule has 5 nitrogen and oxygen atoms in total. The van der Waals surface area contributed by atoms with E-state index >= 15 is 0 Å². The average molecular weight is 479 g/mol. The number of fused-ring (bicyclic) bond motifs is 1. The third kappa shape index (κ3) is 5.31. The Balaban J connectivity index is 1.65. The van der Waals surface area contributed by atoms with Crippen LogP contribution in [0.5, 0.6) is 0 Å². The molecule has 0 N–H and O–H groups in total. The van der Waals surface area contributed by atoms with Gasteiger partial charge in [-0.2, -0.15) is 5.10 Å². The number of hydrogen-bond acceptors (Lipinski definition) is 5. The van der Waals surface area contributed by atoms with Crippen LogP contribution in [0, 0.1) is 13.8 Å². The zero-order valence-corrected chi connectivity index (χ0v) is 21.5.